The first-order chi connectivity index (χ1) is 16.2. The molecule has 0 fully saturated rings. The van der Waals surface area contributed by atoms with E-state index in [1.807, 2.05) is 51.1 Å². The molecule has 1 atom stereocenters. The lowest BCUT2D eigenvalue weighted by atomic mass is 9.91. The van der Waals surface area contributed by atoms with E-state index in [0.29, 0.717) is 5.69 Å². The van der Waals surface area contributed by atoms with E-state index < -0.39 is 23.0 Å². The average molecular weight is 519 g/mol. The molecule has 2 aromatic carbocycles. The summed E-state index contributed by atoms with van der Waals surface area (Å²) >= 11 is 0. The van der Waals surface area contributed by atoms with Gasteiger partial charge in [-0.05, 0) is 23.8 Å². The van der Waals surface area contributed by atoms with Crippen molar-refractivity contribution in [1.29, 1.82) is 0 Å². The SMILES string of the molecule is CC(C)(C)c1c(O)c(C2=NP(=O)(O)c3cc(NS(C)(=O)=O)ccc3N2)c(O)n1Cc1ccccc1. The van der Waals surface area contributed by atoms with Gasteiger partial charge in [0.05, 0.1) is 29.5 Å². The van der Waals surface area contributed by atoms with Crippen molar-refractivity contribution in [2.24, 2.45) is 4.76 Å². The van der Waals surface area contributed by atoms with Gasteiger partial charge in [-0.15, -0.1) is 0 Å². The monoisotopic (exact) mass is 518 g/mol. The highest BCUT2D eigenvalue weighted by Gasteiger charge is 2.37. The Morgan fingerprint density at radius 3 is 2.37 bits per heavy atom. The zero-order valence-electron chi connectivity index (χ0n) is 19.6. The lowest BCUT2D eigenvalue weighted by Gasteiger charge is -2.23. The van der Waals surface area contributed by atoms with Gasteiger partial charge in [0, 0.05) is 11.1 Å². The standard InChI is InChI=1S/C23H27N4O6PS/c1-23(2,3)20-19(28)18(22(29)27(20)13-14-8-6-5-7-9-14)21-24-16-11-10-15(26-35(4,32)33)12-17(16)34(30,31)25-21/h5-12,26,28-29H,13H2,1-4H3,(H2,24,25,30,31). The summed E-state index contributed by atoms with van der Waals surface area (Å²) in [6, 6.07) is 13.5. The minimum absolute atomic E-state index is 0.0934. The third kappa shape index (κ3) is 4.93. The van der Waals surface area contributed by atoms with Gasteiger partial charge < -0.3 is 25.0 Å². The Balaban J connectivity index is 1.83. The van der Waals surface area contributed by atoms with Crippen molar-refractivity contribution >= 4 is 40.1 Å². The van der Waals surface area contributed by atoms with Crippen molar-refractivity contribution < 1.29 is 28.1 Å². The number of anilines is 2. The van der Waals surface area contributed by atoms with Gasteiger partial charge in [-0.2, -0.15) is 4.76 Å². The molecule has 186 valence electrons. The topological polar surface area (TPSA) is 153 Å². The van der Waals surface area contributed by atoms with Crippen LogP contribution >= 0.6 is 7.52 Å². The summed E-state index contributed by atoms with van der Waals surface area (Å²) in [6.45, 7) is 5.90. The summed E-state index contributed by atoms with van der Waals surface area (Å²) in [4.78, 5) is 10.7. The Labute approximate surface area is 203 Å². The van der Waals surface area contributed by atoms with Crippen LogP contribution in [0.25, 0.3) is 0 Å². The first-order valence-corrected chi connectivity index (χ1v) is 14.2. The first kappa shape index (κ1) is 24.8. The van der Waals surface area contributed by atoms with Crippen molar-refractivity contribution in [2.45, 2.75) is 32.7 Å². The fraction of sp³-hybridized carbons (Fsp3) is 0.261. The van der Waals surface area contributed by atoms with E-state index in [1.54, 1.807) is 4.57 Å². The molecule has 1 aliphatic heterocycles. The number of fused-ring (bicyclic) bond motifs is 1. The van der Waals surface area contributed by atoms with E-state index in [-0.39, 0.29) is 46.3 Å². The molecule has 4 rings (SSSR count). The van der Waals surface area contributed by atoms with Crippen LogP contribution < -0.4 is 15.3 Å². The summed E-state index contributed by atoms with van der Waals surface area (Å²) in [7, 11) is -7.98. The molecular weight excluding hydrogens is 491 g/mol. The number of nitrogens with one attached hydrogen (secondary N) is 2. The molecule has 5 N–H and O–H groups in total. The summed E-state index contributed by atoms with van der Waals surface area (Å²) in [5, 5.41) is 25.2. The Morgan fingerprint density at radius 1 is 1.11 bits per heavy atom. The van der Waals surface area contributed by atoms with Crippen LogP contribution in [0.5, 0.6) is 11.6 Å². The fourth-order valence-corrected chi connectivity index (χ4v) is 5.94. The molecule has 0 amide bonds. The number of rotatable bonds is 5. The second kappa shape index (κ2) is 8.44. The Kier molecular flexibility index (Phi) is 5.99. The molecule has 1 aromatic heterocycles. The molecule has 1 unspecified atom stereocenters. The summed E-state index contributed by atoms with van der Waals surface area (Å²) < 4.78 is 44.0. The van der Waals surface area contributed by atoms with Crippen LogP contribution in [0, 0.1) is 0 Å². The lowest BCUT2D eigenvalue weighted by molar-refractivity contribution is 0.401. The van der Waals surface area contributed by atoms with Gasteiger partial charge in [-0.25, -0.2) is 8.42 Å². The van der Waals surface area contributed by atoms with Crippen molar-refractivity contribution in [3.63, 3.8) is 0 Å². The predicted molar refractivity (Wildman–Crippen MR) is 137 cm³/mol. The molecule has 0 aliphatic carbocycles. The van der Waals surface area contributed by atoms with Gasteiger partial charge in [0.15, 0.2) is 11.6 Å². The highest BCUT2D eigenvalue weighted by molar-refractivity contribution is 7.92. The first-order valence-electron chi connectivity index (χ1n) is 10.7. The molecule has 0 saturated heterocycles. The minimum atomic E-state index is -4.38. The summed E-state index contributed by atoms with van der Waals surface area (Å²) in [5.74, 6) is -0.725. The van der Waals surface area contributed by atoms with E-state index in [0.717, 1.165) is 11.8 Å². The number of hydrogen-bond acceptors (Lipinski definition) is 6. The number of aromatic hydroxyl groups is 2. The number of amidine groups is 1. The van der Waals surface area contributed by atoms with Gasteiger partial charge in [-0.1, -0.05) is 51.1 Å². The predicted octanol–water partition coefficient (Wildman–Crippen LogP) is 3.30. The van der Waals surface area contributed by atoms with E-state index in [1.165, 1.54) is 18.2 Å². The average Bonchev–Trinajstić information content (AvgIpc) is 2.97. The maximum atomic E-state index is 13.1. The highest BCUT2D eigenvalue weighted by Crippen LogP contribution is 2.50. The lowest BCUT2D eigenvalue weighted by Crippen LogP contribution is -2.25. The zero-order chi connectivity index (χ0) is 25.8. The van der Waals surface area contributed by atoms with Crippen LogP contribution in [-0.4, -0.2) is 40.2 Å². The maximum Gasteiger partial charge on any atom is 0.346 e. The normalized spacial score (nSPS) is 17.9. The van der Waals surface area contributed by atoms with Gasteiger partial charge in [0.1, 0.15) is 5.56 Å². The van der Waals surface area contributed by atoms with Gasteiger partial charge >= 0.3 is 7.52 Å². The molecule has 0 radical (unpaired) electrons. The van der Waals surface area contributed by atoms with Gasteiger partial charge in [0.2, 0.25) is 15.9 Å². The number of hydrogen-bond donors (Lipinski definition) is 5. The molecule has 1 aliphatic rings. The van der Waals surface area contributed by atoms with E-state index >= 15 is 0 Å². The highest BCUT2D eigenvalue weighted by atomic mass is 32.2. The van der Waals surface area contributed by atoms with Crippen LogP contribution in [0.1, 0.15) is 37.6 Å². The number of benzene rings is 2. The van der Waals surface area contributed by atoms with E-state index in [4.69, 9.17) is 0 Å². The Morgan fingerprint density at radius 2 is 1.77 bits per heavy atom. The van der Waals surface area contributed by atoms with Crippen molar-refractivity contribution in [2.75, 3.05) is 16.3 Å². The van der Waals surface area contributed by atoms with Crippen LogP contribution in [0.4, 0.5) is 11.4 Å². The third-order valence-electron chi connectivity index (χ3n) is 5.44. The fourth-order valence-electron chi connectivity index (χ4n) is 4.10. The molecular formula is C23H27N4O6PS. The Bertz CT molecular complexity index is 1490. The molecule has 0 saturated carbocycles. The molecule has 0 bridgehead atoms. The number of nitrogens with zero attached hydrogens (tertiary/aromatic N) is 2. The van der Waals surface area contributed by atoms with Crippen LogP contribution in [0.15, 0.2) is 53.3 Å². The Hall–Kier alpha value is -3.27. The largest absolute Gasteiger partial charge is 0.505 e. The molecule has 12 heteroatoms. The number of aromatic nitrogens is 1. The van der Waals surface area contributed by atoms with E-state index in [2.05, 4.69) is 14.8 Å². The molecule has 3 aromatic rings. The molecule has 35 heavy (non-hydrogen) atoms. The quantitative estimate of drug-likeness (QED) is 0.325. The van der Waals surface area contributed by atoms with Crippen LogP contribution in [0.2, 0.25) is 0 Å². The minimum Gasteiger partial charge on any atom is -0.505 e. The van der Waals surface area contributed by atoms with Crippen molar-refractivity contribution in [3.8, 4) is 11.6 Å². The van der Waals surface area contributed by atoms with E-state index in [9.17, 15) is 28.1 Å². The molecule has 10 nitrogen and oxygen atoms in total. The smallest absolute Gasteiger partial charge is 0.346 e. The van der Waals surface area contributed by atoms with Crippen LogP contribution in [-0.2, 0) is 26.5 Å². The summed E-state index contributed by atoms with van der Waals surface area (Å²) in [5.41, 5.74) is 0.949. The van der Waals surface area contributed by atoms with Crippen molar-refractivity contribution in [3.05, 3.63) is 65.4 Å². The second-order valence-electron chi connectivity index (χ2n) is 9.44. The van der Waals surface area contributed by atoms with Crippen LogP contribution in [0.3, 0.4) is 0 Å². The third-order valence-corrected chi connectivity index (χ3v) is 7.52. The zero-order valence-corrected chi connectivity index (χ0v) is 21.4. The maximum absolute atomic E-state index is 13.1. The summed E-state index contributed by atoms with van der Waals surface area (Å²) in [6.07, 6.45) is 0.970. The number of sulfonamides is 1. The second-order valence-corrected chi connectivity index (χ2v) is 13.0. The van der Waals surface area contributed by atoms with Gasteiger partial charge in [0.25, 0.3) is 0 Å². The van der Waals surface area contributed by atoms with Gasteiger partial charge in [-0.3, -0.25) is 9.29 Å². The van der Waals surface area contributed by atoms with Crippen molar-refractivity contribution in [1.82, 2.24) is 4.57 Å². The molecule has 0 spiro atoms. The molecule has 2 heterocycles.